The summed E-state index contributed by atoms with van der Waals surface area (Å²) in [5.41, 5.74) is 0. The molecule has 2 heterocycles. The van der Waals surface area contributed by atoms with E-state index < -0.39 is 18.1 Å². The summed E-state index contributed by atoms with van der Waals surface area (Å²) in [5, 5.41) is 2.82. The summed E-state index contributed by atoms with van der Waals surface area (Å²) in [4.78, 5) is 7.15. The summed E-state index contributed by atoms with van der Waals surface area (Å²) in [7, 11) is 0. The second kappa shape index (κ2) is 3.83. The minimum Gasteiger partial charge on any atom is -0.456 e. The van der Waals surface area contributed by atoms with Gasteiger partial charge in [0.05, 0.1) is 12.4 Å². The minimum atomic E-state index is -1.07. The standard InChI is InChI=1S/C8H9F2N3O/c9-5-1-12-8(13-2-5)14-7-4-11-3-6(7)10/h1-2,6-7,11H,3-4H2. The second-order valence-corrected chi connectivity index (χ2v) is 3.01. The van der Waals surface area contributed by atoms with Crippen LogP contribution in [0.15, 0.2) is 12.4 Å². The largest absolute Gasteiger partial charge is 0.456 e. The minimum absolute atomic E-state index is 0.00255. The molecule has 1 saturated heterocycles. The van der Waals surface area contributed by atoms with Crippen LogP contribution < -0.4 is 10.1 Å². The van der Waals surface area contributed by atoms with Crippen LogP contribution in [0.5, 0.6) is 6.01 Å². The van der Waals surface area contributed by atoms with Gasteiger partial charge in [-0.05, 0) is 0 Å². The molecule has 0 bridgehead atoms. The Morgan fingerprint density at radius 2 is 2.07 bits per heavy atom. The van der Waals surface area contributed by atoms with Crippen LogP contribution in [-0.4, -0.2) is 35.3 Å². The van der Waals surface area contributed by atoms with Crippen molar-refractivity contribution in [3.63, 3.8) is 0 Å². The number of ether oxygens (including phenoxy) is 1. The Hall–Kier alpha value is -1.30. The molecule has 0 spiro atoms. The van der Waals surface area contributed by atoms with Gasteiger partial charge in [-0.15, -0.1) is 0 Å². The topological polar surface area (TPSA) is 47.0 Å². The quantitative estimate of drug-likeness (QED) is 0.747. The molecule has 0 aliphatic carbocycles. The molecule has 1 fully saturated rings. The van der Waals surface area contributed by atoms with E-state index >= 15 is 0 Å². The highest BCUT2D eigenvalue weighted by molar-refractivity contribution is 4.98. The highest BCUT2D eigenvalue weighted by Crippen LogP contribution is 2.11. The lowest BCUT2D eigenvalue weighted by molar-refractivity contribution is 0.128. The monoisotopic (exact) mass is 201 g/mol. The van der Waals surface area contributed by atoms with E-state index in [9.17, 15) is 8.78 Å². The number of rotatable bonds is 2. The summed E-state index contributed by atoms with van der Waals surface area (Å²) >= 11 is 0. The maximum atomic E-state index is 13.0. The van der Waals surface area contributed by atoms with Crippen LogP contribution >= 0.6 is 0 Å². The molecule has 0 saturated carbocycles. The molecule has 76 valence electrons. The predicted octanol–water partition coefficient (Wildman–Crippen LogP) is 0.304. The van der Waals surface area contributed by atoms with Gasteiger partial charge >= 0.3 is 6.01 Å². The van der Waals surface area contributed by atoms with Crippen LogP contribution in [0.4, 0.5) is 8.78 Å². The van der Waals surface area contributed by atoms with Crippen molar-refractivity contribution in [1.82, 2.24) is 15.3 Å². The van der Waals surface area contributed by atoms with Crippen LogP contribution in [0.1, 0.15) is 0 Å². The Balaban J connectivity index is 2.00. The van der Waals surface area contributed by atoms with E-state index in [2.05, 4.69) is 15.3 Å². The molecule has 2 unspecified atom stereocenters. The summed E-state index contributed by atoms with van der Waals surface area (Å²) in [6.45, 7) is 0.688. The van der Waals surface area contributed by atoms with E-state index in [0.29, 0.717) is 6.54 Å². The summed E-state index contributed by atoms with van der Waals surface area (Å²) in [6, 6.07) is 0.00255. The van der Waals surface area contributed by atoms with Crippen molar-refractivity contribution in [2.24, 2.45) is 0 Å². The smallest absolute Gasteiger partial charge is 0.316 e. The lowest BCUT2D eigenvalue weighted by atomic mass is 10.3. The van der Waals surface area contributed by atoms with Gasteiger partial charge in [0.1, 0.15) is 6.10 Å². The molecule has 1 N–H and O–H groups in total. The van der Waals surface area contributed by atoms with E-state index in [0.717, 1.165) is 12.4 Å². The first-order chi connectivity index (χ1) is 6.75. The van der Waals surface area contributed by atoms with E-state index in [1.54, 1.807) is 0 Å². The van der Waals surface area contributed by atoms with Crippen LogP contribution in [0, 0.1) is 5.82 Å². The number of hydrogen-bond donors (Lipinski definition) is 1. The van der Waals surface area contributed by atoms with Gasteiger partial charge in [0.2, 0.25) is 0 Å². The zero-order chi connectivity index (χ0) is 9.97. The lowest BCUT2D eigenvalue weighted by Crippen LogP contribution is -2.27. The SMILES string of the molecule is Fc1cnc(OC2CNCC2F)nc1. The number of nitrogens with zero attached hydrogens (tertiary/aromatic N) is 2. The second-order valence-electron chi connectivity index (χ2n) is 3.01. The summed E-state index contributed by atoms with van der Waals surface area (Å²) in [6.07, 6.45) is 0.319. The number of hydrogen-bond acceptors (Lipinski definition) is 4. The average Bonchev–Trinajstić information content (AvgIpc) is 2.56. The Morgan fingerprint density at radius 1 is 1.36 bits per heavy atom. The fraction of sp³-hybridized carbons (Fsp3) is 0.500. The van der Waals surface area contributed by atoms with Gasteiger partial charge in [0, 0.05) is 13.1 Å². The highest BCUT2D eigenvalue weighted by atomic mass is 19.1. The van der Waals surface area contributed by atoms with Gasteiger partial charge in [0.15, 0.2) is 12.0 Å². The molecule has 1 aliphatic heterocycles. The van der Waals surface area contributed by atoms with Crippen molar-refractivity contribution in [3.8, 4) is 6.01 Å². The zero-order valence-corrected chi connectivity index (χ0v) is 7.28. The molecule has 0 aromatic carbocycles. The molecule has 0 amide bonds. The molecule has 14 heavy (non-hydrogen) atoms. The van der Waals surface area contributed by atoms with E-state index in [1.807, 2.05) is 0 Å². The third kappa shape index (κ3) is 1.95. The summed E-state index contributed by atoms with van der Waals surface area (Å²) in [5.74, 6) is -0.543. The zero-order valence-electron chi connectivity index (χ0n) is 7.28. The first-order valence-electron chi connectivity index (χ1n) is 4.24. The fourth-order valence-electron chi connectivity index (χ4n) is 1.23. The molecule has 1 aromatic rings. The molecule has 4 nitrogen and oxygen atoms in total. The van der Waals surface area contributed by atoms with E-state index in [-0.39, 0.29) is 12.6 Å². The van der Waals surface area contributed by atoms with Crippen LogP contribution in [0.3, 0.4) is 0 Å². The fourth-order valence-corrected chi connectivity index (χ4v) is 1.23. The van der Waals surface area contributed by atoms with Crippen molar-refractivity contribution in [3.05, 3.63) is 18.2 Å². The molecule has 6 heteroatoms. The normalized spacial score (nSPS) is 26.4. The number of halogens is 2. The Kier molecular flexibility index (Phi) is 2.53. The molecule has 1 aliphatic rings. The number of aromatic nitrogens is 2. The Bertz CT molecular complexity index is 306. The molecule has 0 radical (unpaired) electrons. The average molecular weight is 201 g/mol. The first-order valence-corrected chi connectivity index (χ1v) is 4.24. The van der Waals surface area contributed by atoms with Crippen molar-refractivity contribution < 1.29 is 13.5 Å². The molecular formula is C8H9F2N3O. The van der Waals surface area contributed by atoms with Crippen molar-refractivity contribution in [2.75, 3.05) is 13.1 Å². The highest BCUT2D eigenvalue weighted by Gasteiger charge is 2.29. The van der Waals surface area contributed by atoms with Gasteiger partial charge in [-0.1, -0.05) is 0 Å². The van der Waals surface area contributed by atoms with Crippen LogP contribution in [0.2, 0.25) is 0 Å². The van der Waals surface area contributed by atoms with Gasteiger partial charge < -0.3 is 10.1 Å². The molecular weight excluding hydrogens is 192 g/mol. The van der Waals surface area contributed by atoms with Gasteiger partial charge in [0.25, 0.3) is 0 Å². The molecule has 1 aromatic heterocycles. The summed E-state index contributed by atoms with van der Waals surface area (Å²) < 4.78 is 30.6. The molecule has 2 atom stereocenters. The van der Waals surface area contributed by atoms with Crippen LogP contribution in [-0.2, 0) is 0 Å². The maximum Gasteiger partial charge on any atom is 0.316 e. The Morgan fingerprint density at radius 3 is 2.64 bits per heavy atom. The van der Waals surface area contributed by atoms with E-state index in [4.69, 9.17) is 4.74 Å². The predicted molar refractivity (Wildman–Crippen MR) is 44.2 cm³/mol. The third-order valence-corrected chi connectivity index (χ3v) is 1.94. The maximum absolute atomic E-state index is 13.0. The number of nitrogens with one attached hydrogen (secondary N) is 1. The lowest BCUT2D eigenvalue weighted by Gasteiger charge is -2.12. The van der Waals surface area contributed by atoms with Crippen molar-refractivity contribution >= 4 is 0 Å². The van der Waals surface area contributed by atoms with Crippen molar-refractivity contribution in [2.45, 2.75) is 12.3 Å². The third-order valence-electron chi connectivity index (χ3n) is 1.94. The van der Waals surface area contributed by atoms with Gasteiger partial charge in [-0.3, -0.25) is 0 Å². The van der Waals surface area contributed by atoms with E-state index in [1.165, 1.54) is 0 Å². The number of alkyl halides is 1. The van der Waals surface area contributed by atoms with Gasteiger partial charge in [-0.25, -0.2) is 18.7 Å². The van der Waals surface area contributed by atoms with Crippen molar-refractivity contribution in [1.29, 1.82) is 0 Å². The van der Waals surface area contributed by atoms with Crippen LogP contribution in [0.25, 0.3) is 0 Å². The van der Waals surface area contributed by atoms with Gasteiger partial charge in [-0.2, -0.15) is 0 Å². The molecule has 2 rings (SSSR count). The first kappa shape index (κ1) is 9.26. The Labute approximate surface area is 79.3 Å².